The first-order valence-corrected chi connectivity index (χ1v) is 30.5. The molecule has 0 aromatic carbocycles. The van der Waals surface area contributed by atoms with Gasteiger partial charge < -0.3 is 134 Å². The van der Waals surface area contributed by atoms with Gasteiger partial charge in [-0.2, -0.15) is 0 Å². The Morgan fingerprint density at radius 2 is 1.06 bits per heavy atom. The standard InChI is InChI=1S/C57H96O27/c1-20(19-74-50-42(68)40(66)37(63)32(17-58)79-50)10-13-57(73)21(2)34-31(84-57)15-28-26-9-8-25-14-30(29(60)16-56(25,7)27(26)11-12-55(28,34)6)78-54-49(83-52-44(70)39(65)36(62)23(4)76-52)46(72)48(33(18-59)80-54)82-53-45(71)41(67)47(24(5)77-53)81-51-43(69)38(64)35(61)22(3)75-51/h20-54,58-73H,8-19H2,1-7H3/t20-,21+,22+,23+,24+,25+,26-,27+,28+,29-,30-,31+,32-,33-,34+,35+,36+,37-,38-,39-,40+,41+,42-,43-,44-,45-,46+,47+,48-,49-,50-,51+,52+,53+,54-,55+,56+,57-/m1/s1. The average molecular weight is 1210 g/mol. The molecule has 486 valence electrons. The quantitative estimate of drug-likeness (QED) is 0.0654. The number of aliphatic hydroxyl groups is 16. The summed E-state index contributed by atoms with van der Waals surface area (Å²) in [5, 5.41) is 174. The van der Waals surface area contributed by atoms with E-state index < -0.39 is 185 Å². The molecule has 84 heavy (non-hydrogen) atoms. The molecule has 0 aromatic heterocycles. The van der Waals surface area contributed by atoms with Crippen molar-refractivity contribution >= 4 is 0 Å². The van der Waals surface area contributed by atoms with Crippen LogP contribution in [-0.4, -0.2) is 279 Å². The third-order valence-corrected chi connectivity index (χ3v) is 22.1. The van der Waals surface area contributed by atoms with Gasteiger partial charge in [0, 0.05) is 12.3 Å². The van der Waals surface area contributed by atoms with Crippen LogP contribution in [-0.2, 0) is 52.1 Å². The minimum atomic E-state index is -1.91. The molecule has 6 heterocycles. The van der Waals surface area contributed by atoms with Gasteiger partial charge in [0.2, 0.25) is 0 Å². The van der Waals surface area contributed by atoms with E-state index in [1.165, 1.54) is 20.8 Å². The van der Waals surface area contributed by atoms with Crippen molar-refractivity contribution < 1.29 is 134 Å². The van der Waals surface area contributed by atoms with Gasteiger partial charge in [-0.05, 0) is 118 Å². The molecule has 27 heteroatoms. The highest BCUT2D eigenvalue weighted by Gasteiger charge is 2.69. The van der Waals surface area contributed by atoms with Gasteiger partial charge in [0.25, 0.3) is 0 Å². The monoisotopic (exact) mass is 1210 g/mol. The molecule has 0 bridgehead atoms. The van der Waals surface area contributed by atoms with E-state index in [0.29, 0.717) is 37.5 Å². The van der Waals surface area contributed by atoms with Crippen molar-refractivity contribution in [2.24, 2.45) is 52.3 Å². The Bertz CT molecular complexity index is 2170. The molecule has 6 saturated heterocycles. The maximum absolute atomic E-state index is 12.3. The summed E-state index contributed by atoms with van der Waals surface area (Å²) in [6.07, 6.45) is -34.4. The molecule has 10 aliphatic rings. The largest absolute Gasteiger partial charge is 0.394 e. The molecule has 38 atom stereocenters. The lowest BCUT2D eigenvalue weighted by Crippen LogP contribution is -2.67. The minimum Gasteiger partial charge on any atom is -0.394 e. The van der Waals surface area contributed by atoms with Gasteiger partial charge in [-0.25, -0.2) is 0 Å². The zero-order valence-electron chi connectivity index (χ0n) is 48.8. The fourth-order valence-electron chi connectivity index (χ4n) is 17.0. The van der Waals surface area contributed by atoms with E-state index >= 15 is 0 Å². The maximum atomic E-state index is 12.3. The van der Waals surface area contributed by atoms with E-state index in [2.05, 4.69) is 20.8 Å². The molecule has 0 radical (unpaired) electrons. The summed E-state index contributed by atoms with van der Waals surface area (Å²) in [6, 6.07) is 0. The van der Waals surface area contributed by atoms with Gasteiger partial charge in [0.05, 0.1) is 56.4 Å². The number of hydrogen-bond acceptors (Lipinski definition) is 27. The van der Waals surface area contributed by atoms with E-state index in [0.717, 1.165) is 32.1 Å². The van der Waals surface area contributed by atoms with Crippen molar-refractivity contribution in [3.63, 3.8) is 0 Å². The number of aliphatic hydroxyl groups excluding tert-OH is 15. The van der Waals surface area contributed by atoms with E-state index in [-0.39, 0.29) is 53.1 Å². The third kappa shape index (κ3) is 11.8. The van der Waals surface area contributed by atoms with Crippen LogP contribution in [0.3, 0.4) is 0 Å². The second-order valence-electron chi connectivity index (χ2n) is 27.2. The zero-order valence-corrected chi connectivity index (χ0v) is 48.8. The first-order chi connectivity index (χ1) is 39.6. The second kappa shape index (κ2) is 25.5. The van der Waals surface area contributed by atoms with Crippen molar-refractivity contribution in [1.29, 1.82) is 0 Å². The van der Waals surface area contributed by atoms with Gasteiger partial charge in [-0.1, -0.05) is 27.7 Å². The summed E-state index contributed by atoms with van der Waals surface area (Å²) in [5.74, 6) is -0.644. The summed E-state index contributed by atoms with van der Waals surface area (Å²) in [4.78, 5) is 0. The molecule has 27 nitrogen and oxygen atoms in total. The van der Waals surface area contributed by atoms with Crippen molar-refractivity contribution in [1.82, 2.24) is 0 Å². The molecule has 10 rings (SSSR count). The molecule has 4 aliphatic carbocycles. The molecular weight excluding hydrogens is 1120 g/mol. The normalized spacial score (nSPS) is 57.2. The Kier molecular flexibility index (Phi) is 20.0. The van der Waals surface area contributed by atoms with Gasteiger partial charge in [0.1, 0.15) is 104 Å². The van der Waals surface area contributed by atoms with Gasteiger partial charge in [0.15, 0.2) is 37.2 Å². The fourth-order valence-corrected chi connectivity index (χ4v) is 17.0. The lowest BCUT2D eigenvalue weighted by Gasteiger charge is -2.62. The minimum absolute atomic E-state index is 0.0714. The average Bonchev–Trinajstić information content (AvgIpc) is 2.60. The molecule has 0 amide bonds. The smallest absolute Gasteiger partial charge is 0.187 e. The number of fused-ring (bicyclic) bond motifs is 7. The molecule has 0 spiro atoms. The number of rotatable bonds is 16. The summed E-state index contributed by atoms with van der Waals surface area (Å²) in [6.45, 7) is 11.7. The zero-order chi connectivity index (χ0) is 61.0. The second-order valence-corrected chi connectivity index (χ2v) is 27.2. The van der Waals surface area contributed by atoms with Crippen LogP contribution in [0.4, 0.5) is 0 Å². The van der Waals surface area contributed by atoms with E-state index in [9.17, 15) is 81.7 Å². The molecule has 0 aromatic rings. The SMILES string of the molecule is C[C@H](CC[C@@]1(O)O[C@H]2C[C@H]3[C@@H]4CC[C@H]5C[C@@H](O[C@@H]6O[C@H](CO)[C@@H](O[C@@H]7O[C@@H](C)[C@H](O[C@@H]8O[C@@H](C)[C@H](O)[C@@H](O)[C@H]8O)[C@@H](O)[C@H]7O)[C@H](O)[C@H]6O[C@@H]6O[C@@H](C)[C@H](O)[C@@H](O)[C@H]6O)[C@H](O)C[C@]5(C)[C@H]4CC[C@]3(C)[C@H]2[C@@H]1C)CO[C@@H]1O[C@H](CO)[C@@H](O)[C@H](O)[C@H]1O. The molecule has 10 fully saturated rings. The Morgan fingerprint density at radius 1 is 0.512 bits per heavy atom. The molecule has 16 N–H and O–H groups in total. The van der Waals surface area contributed by atoms with Crippen LogP contribution in [0, 0.1) is 52.3 Å². The van der Waals surface area contributed by atoms with Crippen LogP contribution in [0.5, 0.6) is 0 Å². The van der Waals surface area contributed by atoms with Crippen molar-refractivity contribution in [3.05, 3.63) is 0 Å². The summed E-state index contributed by atoms with van der Waals surface area (Å²) >= 11 is 0. The topological polar surface area (TPSA) is 425 Å². The Labute approximate surface area is 488 Å². The molecule has 4 saturated carbocycles. The van der Waals surface area contributed by atoms with Gasteiger partial charge in [-0.3, -0.25) is 0 Å². The van der Waals surface area contributed by atoms with Crippen molar-refractivity contribution in [3.8, 4) is 0 Å². The van der Waals surface area contributed by atoms with Crippen LogP contribution in [0.2, 0.25) is 0 Å². The predicted molar refractivity (Wildman–Crippen MR) is 281 cm³/mol. The number of hydrogen-bond donors (Lipinski definition) is 16. The Balaban J connectivity index is 0.785. The van der Waals surface area contributed by atoms with Crippen LogP contribution < -0.4 is 0 Å². The highest BCUT2D eigenvalue weighted by atomic mass is 16.8. The maximum Gasteiger partial charge on any atom is 0.187 e. The summed E-state index contributed by atoms with van der Waals surface area (Å²) < 4.78 is 66.5. The summed E-state index contributed by atoms with van der Waals surface area (Å²) in [7, 11) is 0. The summed E-state index contributed by atoms with van der Waals surface area (Å²) in [5.41, 5.74) is -0.445. The van der Waals surface area contributed by atoms with Gasteiger partial charge >= 0.3 is 0 Å². The highest BCUT2D eigenvalue weighted by molar-refractivity contribution is 5.16. The van der Waals surface area contributed by atoms with Crippen molar-refractivity contribution in [2.75, 3.05) is 19.8 Å². The Hall–Kier alpha value is -1.08. The van der Waals surface area contributed by atoms with E-state index in [1.54, 1.807) is 0 Å². The molecular formula is C57H96O27. The lowest BCUT2D eigenvalue weighted by molar-refractivity contribution is -0.396. The Morgan fingerprint density at radius 3 is 1.68 bits per heavy atom. The number of ether oxygens (including phenoxy) is 11. The van der Waals surface area contributed by atoms with Crippen molar-refractivity contribution in [2.45, 2.75) is 284 Å². The van der Waals surface area contributed by atoms with Crippen LogP contribution in [0.1, 0.15) is 106 Å². The van der Waals surface area contributed by atoms with Gasteiger partial charge in [-0.15, -0.1) is 0 Å². The predicted octanol–water partition coefficient (Wildman–Crippen LogP) is -4.08. The van der Waals surface area contributed by atoms with Crippen LogP contribution in [0.25, 0.3) is 0 Å². The lowest BCUT2D eigenvalue weighted by atomic mass is 9.44. The van der Waals surface area contributed by atoms with Crippen LogP contribution >= 0.6 is 0 Å². The van der Waals surface area contributed by atoms with E-state index in [1.807, 2.05) is 6.92 Å². The van der Waals surface area contributed by atoms with Crippen LogP contribution in [0.15, 0.2) is 0 Å². The first-order valence-electron chi connectivity index (χ1n) is 30.5. The molecule has 0 unspecified atom stereocenters. The fraction of sp³-hybridized carbons (Fsp3) is 1.00. The molecule has 6 aliphatic heterocycles. The highest BCUT2D eigenvalue weighted by Crippen LogP contribution is 2.71. The first kappa shape index (κ1) is 65.9. The van der Waals surface area contributed by atoms with E-state index in [4.69, 9.17) is 52.1 Å². The third-order valence-electron chi connectivity index (χ3n) is 22.1.